The standard InChI is InChI=1S/C15H21N3O/c1-11(18(2)3)15(19)16-9-8-12-10-17-14-7-5-4-6-13(12)14/h4-7,10-11,17H,8-9H2,1-3H3,(H,16,19). The molecule has 0 aliphatic rings. The van der Waals surface area contributed by atoms with E-state index in [-0.39, 0.29) is 11.9 Å². The van der Waals surface area contributed by atoms with E-state index in [9.17, 15) is 4.79 Å². The summed E-state index contributed by atoms with van der Waals surface area (Å²) in [5.41, 5.74) is 2.39. The summed E-state index contributed by atoms with van der Waals surface area (Å²) in [5.74, 6) is 0.0739. The van der Waals surface area contributed by atoms with Crippen LogP contribution in [-0.2, 0) is 11.2 Å². The van der Waals surface area contributed by atoms with Crippen LogP contribution in [0.4, 0.5) is 0 Å². The first kappa shape index (κ1) is 13.6. The van der Waals surface area contributed by atoms with Crippen LogP contribution in [0.15, 0.2) is 30.5 Å². The number of carbonyl (C=O) groups excluding carboxylic acids is 1. The highest BCUT2D eigenvalue weighted by Gasteiger charge is 2.14. The van der Waals surface area contributed by atoms with Gasteiger partial charge in [-0.2, -0.15) is 0 Å². The molecule has 0 saturated heterocycles. The first-order valence-corrected chi connectivity index (χ1v) is 6.58. The number of nitrogens with one attached hydrogen (secondary N) is 2. The summed E-state index contributed by atoms with van der Waals surface area (Å²) in [6, 6.07) is 8.12. The van der Waals surface area contributed by atoms with E-state index in [0.717, 1.165) is 11.9 Å². The lowest BCUT2D eigenvalue weighted by Gasteiger charge is -2.18. The van der Waals surface area contributed by atoms with Gasteiger partial charge in [-0.3, -0.25) is 9.69 Å². The van der Waals surface area contributed by atoms with E-state index < -0.39 is 0 Å². The molecule has 4 heteroatoms. The van der Waals surface area contributed by atoms with Gasteiger partial charge in [-0.1, -0.05) is 18.2 Å². The molecular weight excluding hydrogens is 238 g/mol. The molecule has 0 spiro atoms. The molecule has 0 aliphatic heterocycles. The number of hydrogen-bond donors (Lipinski definition) is 2. The van der Waals surface area contributed by atoms with Gasteiger partial charge < -0.3 is 10.3 Å². The van der Waals surface area contributed by atoms with Crippen molar-refractivity contribution in [3.63, 3.8) is 0 Å². The molecule has 2 N–H and O–H groups in total. The number of nitrogens with zero attached hydrogens (tertiary/aromatic N) is 1. The van der Waals surface area contributed by atoms with E-state index in [0.29, 0.717) is 6.54 Å². The van der Waals surface area contributed by atoms with Crippen molar-refractivity contribution in [2.24, 2.45) is 0 Å². The number of rotatable bonds is 5. The lowest BCUT2D eigenvalue weighted by Crippen LogP contribution is -2.42. The lowest BCUT2D eigenvalue weighted by molar-refractivity contribution is -0.124. The Hall–Kier alpha value is -1.81. The molecular formula is C15H21N3O. The van der Waals surface area contributed by atoms with Crippen LogP contribution in [0.25, 0.3) is 10.9 Å². The Labute approximate surface area is 113 Å². The number of amides is 1. The zero-order valence-corrected chi connectivity index (χ0v) is 11.7. The summed E-state index contributed by atoms with van der Waals surface area (Å²) in [6.45, 7) is 2.57. The van der Waals surface area contributed by atoms with Gasteiger partial charge in [0.25, 0.3) is 0 Å². The van der Waals surface area contributed by atoms with E-state index in [1.54, 1.807) is 0 Å². The molecule has 19 heavy (non-hydrogen) atoms. The molecule has 0 saturated carbocycles. The van der Waals surface area contributed by atoms with E-state index in [1.807, 2.05) is 44.2 Å². The van der Waals surface area contributed by atoms with Crippen molar-refractivity contribution in [1.82, 2.24) is 15.2 Å². The quantitative estimate of drug-likeness (QED) is 0.860. The van der Waals surface area contributed by atoms with Gasteiger partial charge >= 0.3 is 0 Å². The maximum atomic E-state index is 11.8. The average molecular weight is 259 g/mol. The van der Waals surface area contributed by atoms with Crippen LogP contribution in [-0.4, -0.2) is 42.5 Å². The monoisotopic (exact) mass is 259 g/mol. The largest absolute Gasteiger partial charge is 0.361 e. The number of H-pyrrole nitrogens is 1. The van der Waals surface area contributed by atoms with Crippen molar-refractivity contribution in [3.05, 3.63) is 36.0 Å². The molecule has 2 rings (SSSR count). The summed E-state index contributed by atoms with van der Waals surface area (Å²) in [5, 5.41) is 4.21. The third kappa shape index (κ3) is 3.15. The highest BCUT2D eigenvalue weighted by molar-refractivity contribution is 5.83. The van der Waals surface area contributed by atoms with Crippen LogP contribution in [0, 0.1) is 0 Å². The molecule has 1 amide bonds. The van der Waals surface area contributed by atoms with E-state index in [1.165, 1.54) is 10.9 Å². The molecule has 0 fully saturated rings. The average Bonchev–Trinajstić information content (AvgIpc) is 2.81. The minimum Gasteiger partial charge on any atom is -0.361 e. The van der Waals surface area contributed by atoms with Gasteiger partial charge in [0.2, 0.25) is 5.91 Å². The van der Waals surface area contributed by atoms with Gasteiger partial charge in [-0.15, -0.1) is 0 Å². The van der Waals surface area contributed by atoms with Crippen LogP contribution in [0.1, 0.15) is 12.5 Å². The SMILES string of the molecule is CC(C(=O)NCCc1c[nH]c2ccccc12)N(C)C. The Bertz CT molecular complexity index is 559. The number of aromatic nitrogens is 1. The van der Waals surface area contributed by atoms with Gasteiger partial charge in [0.1, 0.15) is 0 Å². The molecule has 1 aromatic heterocycles. The highest BCUT2D eigenvalue weighted by Crippen LogP contribution is 2.17. The van der Waals surface area contributed by atoms with Crippen LogP contribution in [0.3, 0.4) is 0 Å². The number of likely N-dealkylation sites (N-methyl/N-ethyl adjacent to an activating group) is 1. The van der Waals surface area contributed by atoms with Crippen molar-refractivity contribution in [2.75, 3.05) is 20.6 Å². The van der Waals surface area contributed by atoms with Gasteiger partial charge in [0.05, 0.1) is 6.04 Å². The summed E-state index contributed by atoms with van der Waals surface area (Å²) >= 11 is 0. The van der Waals surface area contributed by atoms with Gasteiger partial charge in [-0.25, -0.2) is 0 Å². The lowest BCUT2D eigenvalue weighted by atomic mass is 10.1. The van der Waals surface area contributed by atoms with Gasteiger partial charge in [0.15, 0.2) is 0 Å². The normalized spacial score (nSPS) is 12.8. The molecule has 1 atom stereocenters. The Morgan fingerprint density at radius 3 is 2.84 bits per heavy atom. The Kier molecular flexibility index (Phi) is 4.22. The molecule has 1 aromatic carbocycles. The molecule has 1 heterocycles. The molecule has 1 unspecified atom stereocenters. The van der Waals surface area contributed by atoms with Crippen molar-refractivity contribution in [1.29, 1.82) is 0 Å². The van der Waals surface area contributed by atoms with Gasteiger partial charge in [-0.05, 0) is 39.1 Å². The van der Waals surface area contributed by atoms with Crippen LogP contribution < -0.4 is 5.32 Å². The fourth-order valence-electron chi connectivity index (χ4n) is 2.04. The number of hydrogen-bond acceptors (Lipinski definition) is 2. The Morgan fingerprint density at radius 2 is 2.11 bits per heavy atom. The third-order valence-corrected chi connectivity index (χ3v) is 3.52. The number of carbonyl (C=O) groups is 1. The van der Waals surface area contributed by atoms with Crippen molar-refractivity contribution in [3.8, 4) is 0 Å². The van der Waals surface area contributed by atoms with E-state index in [4.69, 9.17) is 0 Å². The zero-order valence-electron chi connectivity index (χ0n) is 11.7. The summed E-state index contributed by atoms with van der Waals surface area (Å²) in [6.07, 6.45) is 2.86. The molecule has 4 nitrogen and oxygen atoms in total. The maximum Gasteiger partial charge on any atom is 0.237 e. The predicted octanol–water partition coefficient (Wildman–Crippen LogP) is 1.78. The first-order valence-electron chi connectivity index (χ1n) is 6.58. The minimum atomic E-state index is -0.0945. The summed E-state index contributed by atoms with van der Waals surface area (Å²) in [4.78, 5) is 17.0. The fraction of sp³-hybridized carbons (Fsp3) is 0.400. The minimum absolute atomic E-state index is 0.0739. The number of fused-ring (bicyclic) bond motifs is 1. The molecule has 2 aromatic rings. The van der Waals surface area contributed by atoms with Crippen LogP contribution in [0.5, 0.6) is 0 Å². The molecule has 102 valence electrons. The third-order valence-electron chi connectivity index (χ3n) is 3.52. The highest BCUT2D eigenvalue weighted by atomic mass is 16.2. The fourth-order valence-corrected chi connectivity index (χ4v) is 2.04. The summed E-state index contributed by atoms with van der Waals surface area (Å²) < 4.78 is 0. The summed E-state index contributed by atoms with van der Waals surface area (Å²) in [7, 11) is 3.81. The number of para-hydroxylation sites is 1. The zero-order chi connectivity index (χ0) is 13.8. The predicted molar refractivity (Wildman–Crippen MR) is 78.2 cm³/mol. The topological polar surface area (TPSA) is 48.1 Å². The second kappa shape index (κ2) is 5.89. The van der Waals surface area contributed by atoms with E-state index in [2.05, 4.69) is 22.4 Å². The van der Waals surface area contributed by atoms with Crippen molar-refractivity contribution >= 4 is 16.8 Å². The van der Waals surface area contributed by atoms with Gasteiger partial charge in [0, 0.05) is 23.6 Å². The second-order valence-electron chi connectivity index (χ2n) is 5.04. The van der Waals surface area contributed by atoms with Crippen molar-refractivity contribution in [2.45, 2.75) is 19.4 Å². The number of aromatic amines is 1. The Morgan fingerprint density at radius 1 is 1.37 bits per heavy atom. The first-order chi connectivity index (χ1) is 9.09. The molecule has 0 aliphatic carbocycles. The number of benzene rings is 1. The van der Waals surface area contributed by atoms with Crippen LogP contribution in [0.2, 0.25) is 0 Å². The maximum absolute atomic E-state index is 11.8. The second-order valence-corrected chi connectivity index (χ2v) is 5.04. The Balaban J connectivity index is 1.91. The van der Waals surface area contributed by atoms with Crippen LogP contribution >= 0.6 is 0 Å². The van der Waals surface area contributed by atoms with E-state index >= 15 is 0 Å². The smallest absolute Gasteiger partial charge is 0.237 e. The molecule has 0 bridgehead atoms. The molecule has 0 radical (unpaired) electrons. The van der Waals surface area contributed by atoms with Crippen molar-refractivity contribution < 1.29 is 4.79 Å².